The summed E-state index contributed by atoms with van der Waals surface area (Å²) in [5.41, 5.74) is 1.21. The van der Waals surface area contributed by atoms with Crippen molar-refractivity contribution in [2.24, 2.45) is 5.41 Å². The molecule has 0 aromatic heterocycles. The first-order valence-electron chi connectivity index (χ1n) is 5.72. The van der Waals surface area contributed by atoms with Crippen molar-refractivity contribution in [1.82, 2.24) is 4.90 Å². The molecule has 0 saturated carbocycles. The van der Waals surface area contributed by atoms with Crippen molar-refractivity contribution >= 4 is 5.78 Å². The maximum atomic E-state index is 11.8. The van der Waals surface area contributed by atoms with Crippen LogP contribution in [0, 0.1) is 5.41 Å². The molecule has 15 heavy (non-hydrogen) atoms. The summed E-state index contributed by atoms with van der Waals surface area (Å²) in [4.78, 5) is 14.0. The van der Waals surface area contributed by atoms with Crippen LogP contribution in [0.2, 0.25) is 0 Å². The van der Waals surface area contributed by atoms with Gasteiger partial charge in [-0.3, -0.25) is 4.79 Å². The molecule has 2 nitrogen and oxygen atoms in total. The van der Waals surface area contributed by atoms with Crippen LogP contribution in [0.5, 0.6) is 0 Å². The molecule has 1 heterocycles. The van der Waals surface area contributed by atoms with Crippen LogP contribution in [0.15, 0.2) is 23.9 Å². The van der Waals surface area contributed by atoms with Crippen LogP contribution in [0.4, 0.5) is 0 Å². The predicted molar refractivity (Wildman–Crippen MR) is 61.4 cm³/mol. The van der Waals surface area contributed by atoms with E-state index in [0.29, 0.717) is 5.78 Å². The Bertz CT molecular complexity index is 325. The van der Waals surface area contributed by atoms with E-state index in [1.165, 1.54) is 0 Å². The van der Waals surface area contributed by atoms with E-state index in [-0.39, 0.29) is 5.41 Å². The SMILES string of the molecule is CC1(C)C=C(CN2C=CCC2)C(=O)CC1. The summed E-state index contributed by atoms with van der Waals surface area (Å²) in [5, 5.41) is 0. The van der Waals surface area contributed by atoms with Crippen molar-refractivity contribution in [3.63, 3.8) is 0 Å². The average Bonchev–Trinajstić information content (AvgIpc) is 2.64. The molecule has 0 radical (unpaired) electrons. The van der Waals surface area contributed by atoms with Gasteiger partial charge >= 0.3 is 0 Å². The number of nitrogens with zero attached hydrogens (tertiary/aromatic N) is 1. The van der Waals surface area contributed by atoms with E-state index in [1.807, 2.05) is 0 Å². The smallest absolute Gasteiger partial charge is 0.160 e. The maximum absolute atomic E-state index is 11.8. The highest BCUT2D eigenvalue weighted by Gasteiger charge is 2.26. The van der Waals surface area contributed by atoms with E-state index in [1.54, 1.807) is 0 Å². The molecule has 0 aromatic carbocycles. The zero-order valence-corrected chi connectivity index (χ0v) is 9.62. The lowest BCUT2D eigenvalue weighted by molar-refractivity contribution is -0.116. The molecule has 0 fully saturated rings. The first kappa shape index (κ1) is 10.5. The van der Waals surface area contributed by atoms with Gasteiger partial charge in [0.2, 0.25) is 0 Å². The molecular formula is C13H19NO. The summed E-state index contributed by atoms with van der Waals surface area (Å²) in [5.74, 6) is 0.342. The van der Waals surface area contributed by atoms with Crippen LogP contribution >= 0.6 is 0 Å². The fourth-order valence-corrected chi connectivity index (χ4v) is 2.24. The van der Waals surface area contributed by atoms with Gasteiger partial charge in [-0.05, 0) is 24.5 Å². The molecular weight excluding hydrogens is 186 g/mol. The van der Waals surface area contributed by atoms with Crippen LogP contribution in [-0.2, 0) is 4.79 Å². The molecule has 2 aliphatic rings. The van der Waals surface area contributed by atoms with E-state index < -0.39 is 0 Å². The predicted octanol–water partition coefficient (Wildman–Crippen LogP) is 2.52. The van der Waals surface area contributed by atoms with Gasteiger partial charge in [0.15, 0.2) is 5.78 Å². The maximum Gasteiger partial charge on any atom is 0.160 e. The van der Waals surface area contributed by atoms with E-state index in [9.17, 15) is 4.79 Å². The number of carbonyl (C=O) groups is 1. The number of hydrogen-bond donors (Lipinski definition) is 0. The van der Waals surface area contributed by atoms with Crippen molar-refractivity contribution in [2.75, 3.05) is 13.1 Å². The molecule has 0 unspecified atom stereocenters. The number of rotatable bonds is 2. The summed E-state index contributed by atoms with van der Waals surface area (Å²) in [7, 11) is 0. The van der Waals surface area contributed by atoms with Crippen LogP contribution in [0.3, 0.4) is 0 Å². The fourth-order valence-electron chi connectivity index (χ4n) is 2.24. The molecule has 1 aliphatic carbocycles. The second-order valence-electron chi connectivity index (χ2n) is 5.23. The molecule has 0 bridgehead atoms. The molecule has 2 heteroatoms. The molecule has 1 aliphatic heterocycles. The Hall–Kier alpha value is -1.05. The lowest BCUT2D eigenvalue weighted by Crippen LogP contribution is -2.27. The number of ketones is 1. The van der Waals surface area contributed by atoms with Crippen molar-refractivity contribution in [1.29, 1.82) is 0 Å². The third-order valence-corrected chi connectivity index (χ3v) is 3.19. The Morgan fingerprint density at radius 1 is 1.47 bits per heavy atom. The fraction of sp³-hybridized carbons (Fsp3) is 0.615. The van der Waals surface area contributed by atoms with Crippen LogP contribution < -0.4 is 0 Å². The van der Waals surface area contributed by atoms with Gasteiger partial charge in [-0.15, -0.1) is 0 Å². The monoisotopic (exact) mass is 205 g/mol. The van der Waals surface area contributed by atoms with Crippen molar-refractivity contribution < 1.29 is 4.79 Å². The van der Waals surface area contributed by atoms with Crippen LogP contribution in [0.25, 0.3) is 0 Å². The second kappa shape index (κ2) is 3.84. The number of hydrogen-bond acceptors (Lipinski definition) is 2. The Morgan fingerprint density at radius 3 is 2.93 bits per heavy atom. The lowest BCUT2D eigenvalue weighted by Gasteiger charge is -2.28. The highest BCUT2D eigenvalue weighted by molar-refractivity contribution is 5.96. The van der Waals surface area contributed by atoms with E-state index in [2.05, 4.69) is 37.1 Å². The highest BCUT2D eigenvalue weighted by Crippen LogP contribution is 2.31. The summed E-state index contributed by atoms with van der Waals surface area (Å²) >= 11 is 0. The third-order valence-electron chi connectivity index (χ3n) is 3.19. The lowest BCUT2D eigenvalue weighted by atomic mass is 9.79. The van der Waals surface area contributed by atoms with Gasteiger partial charge in [0, 0.05) is 25.1 Å². The summed E-state index contributed by atoms with van der Waals surface area (Å²) in [6.07, 6.45) is 9.27. The minimum absolute atomic E-state index is 0.201. The quantitative estimate of drug-likeness (QED) is 0.690. The minimum Gasteiger partial charge on any atom is -0.373 e. The van der Waals surface area contributed by atoms with Crippen molar-refractivity contribution in [3.8, 4) is 0 Å². The van der Waals surface area contributed by atoms with E-state index in [0.717, 1.165) is 37.9 Å². The molecule has 0 atom stereocenters. The second-order valence-corrected chi connectivity index (χ2v) is 5.23. The first-order chi connectivity index (χ1) is 7.07. The first-order valence-corrected chi connectivity index (χ1v) is 5.72. The molecule has 0 saturated heterocycles. The zero-order valence-electron chi connectivity index (χ0n) is 9.62. The van der Waals surface area contributed by atoms with Gasteiger partial charge in [0.1, 0.15) is 0 Å². The normalized spacial score (nSPS) is 24.5. The molecule has 0 spiro atoms. The summed E-state index contributed by atoms with van der Waals surface area (Å²) in [6.45, 7) is 6.28. The topological polar surface area (TPSA) is 20.3 Å². The van der Waals surface area contributed by atoms with Gasteiger partial charge in [0.05, 0.1) is 0 Å². The van der Waals surface area contributed by atoms with Gasteiger partial charge < -0.3 is 4.90 Å². The Labute approximate surface area is 91.6 Å². The van der Waals surface area contributed by atoms with Gasteiger partial charge in [0.25, 0.3) is 0 Å². The Balaban J connectivity index is 2.08. The summed E-state index contributed by atoms with van der Waals surface area (Å²) < 4.78 is 0. The van der Waals surface area contributed by atoms with Crippen molar-refractivity contribution in [3.05, 3.63) is 23.9 Å². The van der Waals surface area contributed by atoms with Crippen LogP contribution in [0.1, 0.15) is 33.1 Å². The van der Waals surface area contributed by atoms with Gasteiger partial charge in [-0.25, -0.2) is 0 Å². The minimum atomic E-state index is 0.201. The Morgan fingerprint density at radius 2 is 2.27 bits per heavy atom. The van der Waals surface area contributed by atoms with Crippen LogP contribution in [-0.4, -0.2) is 23.8 Å². The molecule has 0 amide bonds. The molecule has 0 N–H and O–H groups in total. The number of allylic oxidation sites excluding steroid dienone is 1. The highest BCUT2D eigenvalue weighted by atomic mass is 16.1. The number of carbonyl (C=O) groups excluding carboxylic acids is 1. The summed E-state index contributed by atoms with van der Waals surface area (Å²) in [6, 6.07) is 0. The largest absolute Gasteiger partial charge is 0.373 e. The third kappa shape index (κ3) is 2.49. The average molecular weight is 205 g/mol. The van der Waals surface area contributed by atoms with E-state index in [4.69, 9.17) is 0 Å². The Kier molecular flexibility index (Phi) is 2.68. The standard InChI is InChI=1S/C13H19NO/c1-13(2)6-5-12(15)11(9-13)10-14-7-3-4-8-14/h3,7,9H,4-6,8,10H2,1-2H3. The number of Topliss-reactive ketones (excluding diaryl/α,β-unsaturated/α-hetero) is 1. The van der Waals surface area contributed by atoms with Crippen molar-refractivity contribution in [2.45, 2.75) is 33.1 Å². The van der Waals surface area contributed by atoms with E-state index >= 15 is 0 Å². The molecule has 82 valence electrons. The van der Waals surface area contributed by atoms with Gasteiger partial charge in [-0.1, -0.05) is 26.0 Å². The zero-order chi connectivity index (χ0) is 10.9. The molecule has 2 rings (SSSR count). The van der Waals surface area contributed by atoms with Gasteiger partial charge in [-0.2, -0.15) is 0 Å². The molecule has 0 aromatic rings.